The van der Waals surface area contributed by atoms with Crippen LogP contribution in [0.3, 0.4) is 0 Å². The number of fused-ring (bicyclic) bond motifs is 1. The number of methoxy groups -OCH3 is 1. The number of esters is 2. The Morgan fingerprint density at radius 1 is 0.971 bits per heavy atom. The van der Waals surface area contributed by atoms with Gasteiger partial charge in [-0.1, -0.05) is 31.4 Å². The van der Waals surface area contributed by atoms with E-state index < -0.39 is 17.5 Å². The molecule has 1 heterocycles. The van der Waals surface area contributed by atoms with Gasteiger partial charge in [0, 0.05) is 18.2 Å². The monoisotopic (exact) mass is 460 g/mol. The summed E-state index contributed by atoms with van der Waals surface area (Å²) >= 11 is 0. The summed E-state index contributed by atoms with van der Waals surface area (Å²) in [4.78, 5) is 36.4. The highest BCUT2D eigenvalue weighted by Gasteiger charge is 2.31. The van der Waals surface area contributed by atoms with E-state index in [1.165, 1.54) is 19.3 Å². The predicted molar refractivity (Wildman–Crippen MR) is 128 cm³/mol. The van der Waals surface area contributed by atoms with Crippen molar-refractivity contribution in [1.29, 1.82) is 0 Å². The number of carbonyl (C=O) groups is 3. The fraction of sp³-hybridized carbons (Fsp3) is 0.148. The number of rotatable bonds is 8. The van der Waals surface area contributed by atoms with Crippen molar-refractivity contribution < 1.29 is 33.3 Å². The average molecular weight is 460 g/mol. The summed E-state index contributed by atoms with van der Waals surface area (Å²) < 4.78 is 21.9. The second kappa shape index (κ2) is 10.0. The van der Waals surface area contributed by atoms with Gasteiger partial charge in [0.15, 0.2) is 5.78 Å². The first kappa shape index (κ1) is 24.3. The van der Waals surface area contributed by atoms with Gasteiger partial charge >= 0.3 is 11.9 Å². The highest BCUT2D eigenvalue weighted by Crippen LogP contribution is 2.45. The van der Waals surface area contributed by atoms with Gasteiger partial charge < -0.3 is 18.9 Å². The van der Waals surface area contributed by atoms with Gasteiger partial charge in [-0.05, 0) is 49.8 Å². The van der Waals surface area contributed by atoms with E-state index in [0.29, 0.717) is 16.9 Å². The van der Waals surface area contributed by atoms with Crippen molar-refractivity contribution >= 4 is 29.9 Å². The molecule has 1 aliphatic heterocycles. The molecule has 0 amide bonds. The van der Waals surface area contributed by atoms with Gasteiger partial charge in [-0.2, -0.15) is 0 Å². The van der Waals surface area contributed by atoms with Crippen molar-refractivity contribution in [3.63, 3.8) is 0 Å². The minimum atomic E-state index is -0.698. The van der Waals surface area contributed by atoms with E-state index in [0.717, 1.165) is 12.2 Å². The second-order valence-electron chi connectivity index (χ2n) is 7.75. The van der Waals surface area contributed by atoms with Crippen LogP contribution in [-0.4, -0.2) is 30.4 Å². The van der Waals surface area contributed by atoms with Crippen LogP contribution in [0.2, 0.25) is 0 Å². The van der Waals surface area contributed by atoms with Crippen molar-refractivity contribution in [3.05, 3.63) is 84.5 Å². The van der Waals surface area contributed by atoms with Crippen LogP contribution in [0, 0.1) is 0 Å². The van der Waals surface area contributed by atoms with Crippen molar-refractivity contribution in [2.75, 3.05) is 7.11 Å². The van der Waals surface area contributed by atoms with Gasteiger partial charge in [-0.15, -0.1) is 0 Å². The van der Waals surface area contributed by atoms with Crippen LogP contribution < -0.4 is 18.9 Å². The van der Waals surface area contributed by atoms with Gasteiger partial charge in [-0.3, -0.25) is 4.79 Å². The Hall–Kier alpha value is -4.39. The summed E-state index contributed by atoms with van der Waals surface area (Å²) in [6.45, 7) is 10.4. The molecule has 174 valence electrons. The molecule has 7 heteroatoms. The Kier molecular flexibility index (Phi) is 7.16. The van der Waals surface area contributed by atoms with E-state index in [2.05, 4.69) is 13.2 Å². The number of ketones is 1. The molecule has 0 fully saturated rings. The predicted octanol–water partition coefficient (Wildman–Crippen LogP) is 4.96. The Bertz CT molecular complexity index is 1210. The Labute approximate surface area is 197 Å². The number of hydrogen-bond acceptors (Lipinski definition) is 7. The standard InChI is InChI=1S/C27H24O7/c1-6-23(29)32-18-11-8-17(9-12-18)10-13-20(28)25-22(31-5)16-21(33-24(30)7-2)19-14-15-27(3,4)34-26(19)25/h6-16H,1-2H2,3-5H3. The third-order valence-corrected chi connectivity index (χ3v) is 4.80. The summed E-state index contributed by atoms with van der Waals surface area (Å²) in [5, 5.41) is 0. The van der Waals surface area contributed by atoms with E-state index in [1.54, 1.807) is 42.5 Å². The molecule has 0 atom stereocenters. The molecule has 2 aromatic rings. The summed E-state index contributed by atoms with van der Waals surface area (Å²) in [5.41, 5.74) is 0.648. The first-order chi connectivity index (χ1) is 16.2. The average Bonchev–Trinajstić information content (AvgIpc) is 2.82. The molecule has 0 radical (unpaired) electrons. The van der Waals surface area contributed by atoms with Crippen LogP contribution in [0.4, 0.5) is 0 Å². The molecule has 7 nitrogen and oxygen atoms in total. The van der Waals surface area contributed by atoms with E-state index in [1.807, 2.05) is 13.8 Å². The molecule has 0 N–H and O–H groups in total. The van der Waals surface area contributed by atoms with Crippen LogP contribution in [0.1, 0.15) is 35.3 Å². The molecular weight excluding hydrogens is 436 g/mol. The molecule has 0 bridgehead atoms. The molecule has 0 unspecified atom stereocenters. The van der Waals surface area contributed by atoms with E-state index in [9.17, 15) is 14.4 Å². The lowest BCUT2D eigenvalue weighted by atomic mass is 9.96. The number of benzene rings is 2. The minimum Gasteiger partial charge on any atom is -0.496 e. The lowest BCUT2D eigenvalue weighted by Crippen LogP contribution is -2.29. The van der Waals surface area contributed by atoms with Gasteiger partial charge in [-0.25, -0.2) is 9.59 Å². The molecule has 0 aromatic heterocycles. The Balaban J connectivity index is 1.98. The maximum atomic E-state index is 13.2. The van der Waals surface area contributed by atoms with Gasteiger partial charge in [0.2, 0.25) is 0 Å². The van der Waals surface area contributed by atoms with Gasteiger partial charge in [0.25, 0.3) is 0 Å². The summed E-state index contributed by atoms with van der Waals surface area (Å²) in [6, 6.07) is 8.07. The molecule has 1 aliphatic rings. The number of carbonyl (C=O) groups excluding carboxylic acids is 3. The second-order valence-corrected chi connectivity index (χ2v) is 7.75. The van der Waals surface area contributed by atoms with Crippen LogP contribution >= 0.6 is 0 Å². The summed E-state index contributed by atoms with van der Waals surface area (Å²) in [7, 11) is 1.41. The normalized spacial score (nSPS) is 13.4. The maximum absolute atomic E-state index is 13.2. The Morgan fingerprint density at radius 2 is 1.62 bits per heavy atom. The van der Waals surface area contributed by atoms with Crippen LogP contribution in [0.15, 0.2) is 67.8 Å². The van der Waals surface area contributed by atoms with Crippen molar-refractivity contribution in [2.45, 2.75) is 19.4 Å². The minimum absolute atomic E-state index is 0.189. The molecule has 0 aliphatic carbocycles. The smallest absolute Gasteiger partial charge is 0.335 e. The van der Waals surface area contributed by atoms with E-state index >= 15 is 0 Å². The molecule has 0 saturated carbocycles. The zero-order chi connectivity index (χ0) is 24.9. The van der Waals surface area contributed by atoms with Crippen molar-refractivity contribution in [3.8, 4) is 23.0 Å². The van der Waals surface area contributed by atoms with Crippen molar-refractivity contribution in [2.24, 2.45) is 0 Å². The maximum Gasteiger partial charge on any atom is 0.335 e. The number of allylic oxidation sites excluding steroid dienone is 1. The third-order valence-electron chi connectivity index (χ3n) is 4.80. The Morgan fingerprint density at radius 3 is 2.24 bits per heavy atom. The van der Waals surface area contributed by atoms with Gasteiger partial charge in [0.05, 0.1) is 12.7 Å². The zero-order valence-corrected chi connectivity index (χ0v) is 19.1. The summed E-state index contributed by atoms with van der Waals surface area (Å²) in [6.07, 6.45) is 8.66. The summed E-state index contributed by atoms with van der Waals surface area (Å²) in [5.74, 6) is -0.593. The molecular formula is C27H24O7. The van der Waals surface area contributed by atoms with Crippen molar-refractivity contribution in [1.82, 2.24) is 0 Å². The highest BCUT2D eigenvalue weighted by molar-refractivity contribution is 6.11. The quantitative estimate of drug-likeness (QED) is 0.238. The molecule has 2 aromatic carbocycles. The molecule has 34 heavy (non-hydrogen) atoms. The van der Waals surface area contributed by atoms with E-state index in [-0.39, 0.29) is 28.6 Å². The SMILES string of the molecule is C=CC(=O)Oc1ccc(C=CC(=O)c2c(OC)cc(OC(=O)C=C)c3c2OC(C)(C)C=C3)cc1. The molecule has 3 rings (SSSR count). The van der Waals surface area contributed by atoms with Gasteiger partial charge in [0.1, 0.15) is 34.2 Å². The highest BCUT2D eigenvalue weighted by atomic mass is 16.5. The molecule has 0 saturated heterocycles. The first-order valence-corrected chi connectivity index (χ1v) is 10.3. The van der Waals surface area contributed by atoms with Crippen LogP contribution in [0.25, 0.3) is 12.2 Å². The van der Waals surface area contributed by atoms with Crippen LogP contribution in [0.5, 0.6) is 23.0 Å². The fourth-order valence-electron chi connectivity index (χ4n) is 3.16. The number of hydrogen-bond donors (Lipinski definition) is 0. The number of ether oxygens (including phenoxy) is 4. The zero-order valence-electron chi connectivity index (χ0n) is 19.1. The largest absolute Gasteiger partial charge is 0.496 e. The fourth-order valence-corrected chi connectivity index (χ4v) is 3.16. The molecule has 0 spiro atoms. The van der Waals surface area contributed by atoms with E-state index in [4.69, 9.17) is 18.9 Å². The van der Waals surface area contributed by atoms with Crippen LogP contribution in [-0.2, 0) is 9.59 Å². The third kappa shape index (κ3) is 5.50. The lowest BCUT2D eigenvalue weighted by Gasteiger charge is -2.30. The lowest BCUT2D eigenvalue weighted by molar-refractivity contribution is -0.129. The first-order valence-electron chi connectivity index (χ1n) is 10.3. The topological polar surface area (TPSA) is 88.1 Å².